The Balaban J connectivity index is 3.34. The lowest BCUT2D eigenvalue weighted by Gasteiger charge is -2.21. The largest absolute Gasteiger partial charge is 0.496 e. The number of methoxy groups -OCH3 is 3. The Morgan fingerprint density at radius 1 is 1.06 bits per heavy atom. The van der Waals surface area contributed by atoms with Crippen LogP contribution in [-0.4, -0.2) is 32.5 Å². The van der Waals surface area contributed by atoms with Gasteiger partial charge in [-0.2, -0.15) is 0 Å². The molecule has 0 bridgehead atoms. The maximum Gasteiger partial charge on any atom is 0.131 e. The Morgan fingerprint density at radius 2 is 1.53 bits per heavy atom. The average molecular weight is 241 g/mol. The third kappa shape index (κ3) is 2.81. The lowest BCUT2D eigenvalue weighted by Crippen LogP contribution is -2.24. The molecule has 0 saturated carbocycles. The summed E-state index contributed by atoms with van der Waals surface area (Å²) in [5.41, 5.74) is 6.56. The molecule has 3 N–H and O–H groups in total. The summed E-state index contributed by atoms with van der Waals surface area (Å²) in [7, 11) is 4.63. The number of ether oxygens (including phenoxy) is 3. The van der Waals surface area contributed by atoms with Crippen LogP contribution in [-0.2, 0) is 0 Å². The van der Waals surface area contributed by atoms with Crippen molar-refractivity contribution < 1.29 is 19.3 Å². The molecule has 0 aliphatic carbocycles. The van der Waals surface area contributed by atoms with Crippen molar-refractivity contribution in [3.63, 3.8) is 0 Å². The van der Waals surface area contributed by atoms with E-state index in [1.165, 1.54) is 14.2 Å². The van der Waals surface area contributed by atoms with Gasteiger partial charge in [-0.3, -0.25) is 0 Å². The molecule has 0 amide bonds. The van der Waals surface area contributed by atoms with E-state index in [-0.39, 0.29) is 0 Å². The van der Waals surface area contributed by atoms with Gasteiger partial charge < -0.3 is 25.1 Å². The molecule has 17 heavy (non-hydrogen) atoms. The van der Waals surface area contributed by atoms with Crippen LogP contribution in [0.25, 0.3) is 0 Å². The smallest absolute Gasteiger partial charge is 0.131 e. The average Bonchev–Trinajstić information content (AvgIpc) is 2.35. The maximum absolute atomic E-state index is 9.57. The van der Waals surface area contributed by atoms with Gasteiger partial charge in [0.25, 0.3) is 0 Å². The van der Waals surface area contributed by atoms with Crippen LogP contribution in [0.5, 0.6) is 17.2 Å². The van der Waals surface area contributed by atoms with E-state index in [1.807, 2.05) is 0 Å². The van der Waals surface area contributed by atoms with E-state index in [0.717, 1.165) is 0 Å². The summed E-state index contributed by atoms with van der Waals surface area (Å²) < 4.78 is 15.6. The van der Waals surface area contributed by atoms with Gasteiger partial charge in [-0.05, 0) is 6.92 Å². The third-order valence-electron chi connectivity index (χ3n) is 2.61. The maximum atomic E-state index is 9.57. The molecule has 1 aromatic rings. The first-order chi connectivity index (χ1) is 8.04. The van der Waals surface area contributed by atoms with Gasteiger partial charge in [-0.25, -0.2) is 0 Å². The standard InChI is InChI=1S/C12H19NO4/c1-7(14)12(13)11-9(16-3)5-8(15-2)6-10(11)17-4/h5-7,12,14H,13H2,1-4H3/t7-,12-/m0/s1. The lowest BCUT2D eigenvalue weighted by atomic mass is 10.0. The fourth-order valence-corrected chi connectivity index (χ4v) is 1.60. The molecule has 0 fully saturated rings. The van der Waals surface area contributed by atoms with E-state index in [9.17, 15) is 5.11 Å². The Labute approximate surface area is 101 Å². The quantitative estimate of drug-likeness (QED) is 0.807. The summed E-state index contributed by atoms with van der Waals surface area (Å²) in [5.74, 6) is 1.68. The van der Waals surface area contributed by atoms with E-state index in [2.05, 4.69) is 0 Å². The third-order valence-corrected chi connectivity index (χ3v) is 2.61. The van der Waals surface area contributed by atoms with Crippen molar-refractivity contribution in [2.24, 2.45) is 5.73 Å². The van der Waals surface area contributed by atoms with Crippen molar-refractivity contribution >= 4 is 0 Å². The molecular formula is C12H19NO4. The number of rotatable bonds is 5. The predicted molar refractivity (Wildman–Crippen MR) is 64.7 cm³/mol. The normalized spacial score (nSPS) is 14.0. The fraction of sp³-hybridized carbons (Fsp3) is 0.500. The molecule has 0 radical (unpaired) electrons. The van der Waals surface area contributed by atoms with E-state index in [4.69, 9.17) is 19.9 Å². The predicted octanol–water partition coefficient (Wildman–Crippen LogP) is 1.09. The van der Waals surface area contributed by atoms with Crippen LogP contribution in [0.1, 0.15) is 18.5 Å². The topological polar surface area (TPSA) is 73.9 Å². The lowest BCUT2D eigenvalue weighted by molar-refractivity contribution is 0.161. The summed E-state index contributed by atoms with van der Waals surface area (Å²) in [5, 5.41) is 9.57. The number of nitrogens with two attached hydrogens (primary N) is 1. The first kappa shape index (κ1) is 13.6. The highest BCUT2D eigenvalue weighted by atomic mass is 16.5. The summed E-state index contributed by atoms with van der Waals surface area (Å²) in [6.07, 6.45) is -0.703. The molecule has 0 heterocycles. The molecule has 5 heteroatoms. The molecule has 0 aliphatic heterocycles. The van der Waals surface area contributed by atoms with E-state index < -0.39 is 12.1 Å². The zero-order valence-corrected chi connectivity index (χ0v) is 10.6. The fourth-order valence-electron chi connectivity index (χ4n) is 1.60. The first-order valence-electron chi connectivity index (χ1n) is 5.28. The number of aliphatic hydroxyl groups excluding tert-OH is 1. The van der Waals surface area contributed by atoms with Gasteiger partial charge in [0.15, 0.2) is 0 Å². The molecule has 0 unspecified atom stereocenters. The van der Waals surface area contributed by atoms with Gasteiger partial charge in [0.1, 0.15) is 17.2 Å². The number of hydrogen-bond donors (Lipinski definition) is 2. The Morgan fingerprint density at radius 3 is 1.82 bits per heavy atom. The summed E-state index contributed by atoms with van der Waals surface area (Å²) in [6, 6.07) is 2.84. The second-order valence-corrected chi connectivity index (χ2v) is 3.71. The summed E-state index contributed by atoms with van der Waals surface area (Å²) in [4.78, 5) is 0. The van der Waals surface area contributed by atoms with Crippen molar-refractivity contribution in [1.82, 2.24) is 0 Å². The van der Waals surface area contributed by atoms with Gasteiger partial charge in [-0.1, -0.05) is 0 Å². The minimum absolute atomic E-state index is 0.537. The van der Waals surface area contributed by atoms with Crippen molar-refractivity contribution in [2.45, 2.75) is 19.1 Å². The molecule has 1 aromatic carbocycles. The van der Waals surface area contributed by atoms with Gasteiger partial charge in [0.05, 0.1) is 39.0 Å². The van der Waals surface area contributed by atoms with E-state index in [0.29, 0.717) is 22.8 Å². The van der Waals surface area contributed by atoms with Gasteiger partial charge >= 0.3 is 0 Å². The Bertz CT molecular complexity index is 354. The summed E-state index contributed by atoms with van der Waals surface area (Å²) in [6.45, 7) is 1.62. The van der Waals surface area contributed by atoms with Crippen LogP contribution < -0.4 is 19.9 Å². The molecule has 0 saturated heterocycles. The highest BCUT2D eigenvalue weighted by Crippen LogP contribution is 2.38. The monoisotopic (exact) mass is 241 g/mol. The van der Waals surface area contributed by atoms with Crippen molar-refractivity contribution in [3.8, 4) is 17.2 Å². The number of benzene rings is 1. The molecule has 0 aliphatic rings. The van der Waals surface area contributed by atoms with Crippen molar-refractivity contribution in [1.29, 1.82) is 0 Å². The molecule has 5 nitrogen and oxygen atoms in total. The first-order valence-corrected chi connectivity index (χ1v) is 5.28. The second-order valence-electron chi connectivity index (χ2n) is 3.71. The SMILES string of the molecule is COc1cc(OC)c([C@@H](N)[C@H](C)O)c(OC)c1. The summed E-state index contributed by atoms with van der Waals surface area (Å²) >= 11 is 0. The van der Waals surface area contributed by atoms with Crippen LogP contribution in [0.4, 0.5) is 0 Å². The van der Waals surface area contributed by atoms with Crippen LogP contribution in [0.15, 0.2) is 12.1 Å². The zero-order chi connectivity index (χ0) is 13.0. The minimum atomic E-state index is -0.703. The number of aliphatic hydroxyl groups is 1. The molecule has 96 valence electrons. The Kier molecular flexibility index (Phi) is 4.60. The zero-order valence-electron chi connectivity index (χ0n) is 10.6. The molecular weight excluding hydrogens is 222 g/mol. The molecule has 0 spiro atoms. The highest BCUT2D eigenvalue weighted by Gasteiger charge is 2.22. The Hall–Kier alpha value is -1.46. The number of hydrogen-bond acceptors (Lipinski definition) is 5. The van der Waals surface area contributed by atoms with Crippen molar-refractivity contribution in [2.75, 3.05) is 21.3 Å². The van der Waals surface area contributed by atoms with Crippen LogP contribution in [0.3, 0.4) is 0 Å². The van der Waals surface area contributed by atoms with Gasteiger partial charge in [0.2, 0.25) is 0 Å². The van der Waals surface area contributed by atoms with Crippen LogP contribution in [0.2, 0.25) is 0 Å². The van der Waals surface area contributed by atoms with E-state index in [1.54, 1.807) is 26.2 Å². The van der Waals surface area contributed by atoms with Crippen LogP contribution in [0, 0.1) is 0 Å². The molecule has 1 rings (SSSR count). The van der Waals surface area contributed by atoms with Gasteiger partial charge in [-0.15, -0.1) is 0 Å². The van der Waals surface area contributed by atoms with Crippen LogP contribution >= 0.6 is 0 Å². The second kappa shape index (κ2) is 5.75. The minimum Gasteiger partial charge on any atom is -0.496 e. The highest BCUT2D eigenvalue weighted by molar-refractivity contribution is 5.52. The molecule has 2 atom stereocenters. The van der Waals surface area contributed by atoms with E-state index >= 15 is 0 Å². The van der Waals surface area contributed by atoms with Crippen molar-refractivity contribution in [3.05, 3.63) is 17.7 Å². The molecule has 0 aromatic heterocycles. The van der Waals surface area contributed by atoms with Gasteiger partial charge in [0, 0.05) is 12.1 Å².